The van der Waals surface area contributed by atoms with Gasteiger partial charge < -0.3 is 10.6 Å². The summed E-state index contributed by atoms with van der Waals surface area (Å²) in [6, 6.07) is 11.3. The fourth-order valence-electron chi connectivity index (χ4n) is 2.75. The van der Waals surface area contributed by atoms with Crippen LogP contribution in [0, 0.1) is 0 Å². The van der Waals surface area contributed by atoms with Crippen LogP contribution in [0.4, 0.5) is 11.4 Å². The summed E-state index contributed by atoms with van der Waals surface area (Å²) < 4.78 is 25.8. The highest BCUT2D eigenvalue weighted by Gasteiger charge is 2.29. The molecule has 0 fully saturated rings. The van der Waals surface area contributed by atoms with Crippen molar-refractivity contribution < 1.29 is 18.0 Å². The third-order valence-electron chi connectivity index (χ3n) is 4.32. The molecule has 9 heteroatoms. The summed E-state index contributed by atoms with van der Waals surface area (Å²) in [5, 5.41) is 4.68. The summed E-state index contributed by atoms with van der Waals surface area (Å²) in [5.41, 5.74) is 0.981. The van der Waals surface area contributed by atoms with Crippen molar-refractivity contribution in [3.8, 4) is 0 Å². The van der Waals surface area contributed by atoms with E-state index < -0.39 is 21.0 Å². The van der Waals surface area contributed by atoms with Gasteiger partial charge in [-0.3, -0.25) is 9.59 Å². The van der Waals surface area contributed by atoms with Crippen LogP contribution in [0.1, 0.15) is 20.3 Å². The van der Waals surface area contributed by atoms with Gasteiger partial charge in [-0.1, -0.05) is 17.7 Å². The van der Waals surface area contributed by atoms with Gasteiger partial charge in [-0.25, -0.2) is 8.42 Å². The van der Waals surface area contributed by atoms with E-state index in [1.165, 1.54) is 30.8 Å². The molecule has 0 unspecified atom stereocenters. The zero-order valence-corrected chi connectivity index (χ0v) is 17.6. The van der Waals surface area contributed by atoms with Crippen molar-refractivity contribution >= 4 is 56.4 Å². The maximum atomic E-state index is 12.9. The van der Waals surface area contributed by atoms with Crippen LogP contribution >= 0.6 is 23.4 Å². The number of carbonyl (C=O) groups is 2. The molecule has 1 aliphatic rings. The Morgan fingerprint density at radius 3 is 2.75 bits per heavy atom. The third kappa shape index (κ3) is 4.51. The van der Waals surface area contributed by atoms with Gasteiger partial charge in [0.25, 0.3) is 0 Å². The molecule has 2 N–H and O–H groups in total. The van der Waals surface area contributed by atoms with Crippen molar-refractivity contribution in [2.45, 2.75) is 40.6 Å². The number of fused-ring (bicyclic) bond motifs is 1. The number of anilines is 2. The average molecular weight is 439 g/mol. The maximum absolute atomic E-state index is 12.9. The second-order valence-electron chi connectivity index (χ2n) is 6.53. The lowest BCUT2D eigenvalue weighted by atomic mass is 10.3. The number of hydrogen-bond donors (Lipinski definition) is 2. The molecule has 0 spiro atoms. The molecule has 148 valence electrons. The molecule has 0 saturated carbocycles. The fraction of sp³-hybridized carbons (Fsp3) is 0.263. The van der Waals surface area contributed by atoms with E-state index in [-0.39, 0.29) is 22.5 Å². The van der Waals surface area contributed by atoms with Crippen LogP contribution in [0.2, 0.25) is 5.02 Å². The molecule has 3 rings (SSSR count). The van der Waals surface area contributed by atoms with Crippen LogP contribution in [0.15, 0.2) is 52.3 Å². The average Bonchev–Trinajstić information content (AvgIpc) is 2.62. The number of rotatable bonds is 5. The first-order valence-electron chi connectivity index (χ1n) is 8.57. The standard InChI is InChI=1S/C19H19ClN2O4S2/c1-11(8-18(23)21-14-5-3-4-13(20)9-14)28(25,26)15-6-7-17-16(10-15)22-19(24)12(2)27-17/h3-7,9-12H,8H2,1-2H3,(H,21,23)(H,22,24)/t11-,12-/m0/s1. The number of halogens is 1. The van der Waals surface area contributed by atoms with Crippen molar-refractivity contribution in [3.05, 3.63) is 47.5 Å². The topological polar surface area (TPSA) is 92.3 Å². The summed E-state index contributed by atoms with van der Waals surface area (Å²) in [6.07, 6.45) is -0.204. The summed E-state index contributed by atoms with van der Waals surface area (Å²) >= 11 is 7.26. The molecule has 0 aliphatic carbocycles. The highest BCUT2D eigenvalue weighted by Crippen LogP contribution is 2.37. The van der Waals surface area contributed by atoms with Gasteiger partial charge in [-0.15, -0.1) is 11.8 Å². The van der Waals surface area contributed by atoms with Gasteiger partial charge in [-0.2, -0.15) is 0 Å². The summed E-state index contributed by atoms with van der Waals surface area (Å²) in [5.74, 6) is -0.588. The molecule has 2 aromatic rings. The number of benzene rings is 2. The molecule has 2 atom stereocenters. The molecule has 28 heavy (non-hydrogen) atoms. The minimum atomic E-state index is -3.75. The van der Waals surface area contributed by atoms with E-state index in [1.54, 1.807) is 37.3 Å². The van der Waals surface area contributed by atoms with Crippen molar-refractivity contribution in [3.63, 3.8) is 0 Å². The molecule has 0 saturated heterocycles. The van der Waals surface area contributed by atoms with Crippen LogP contribution in [0.3, 0.4) is 0 Å². The van der Waals surface area contributed by atoms with Crippen LogP contribution in [-0.2, 0) is 19.4 Å². The Labute approximate surface area is 173 Å². The van der Waals surface area contributed by atoms with Gasteiger partial charge in [-0.05, 0) is 50.2 Å². The SMILES string of the molecule is C[C@@H]1Sc2ccc(S(=O)(=O)[C@@H](C)CC(=O)Nc3cccc(Cl)c3)cc2NC1=O. The van der Waals surface area contributed by atoms with E-state index in [0.717, 1.165) is 4.90 Å². The number of thioether (sulfide) groups is 1. The van der Waals surface area contributed by atoms with E-state index in [9.17, 15) is 18.0 Å². The Kier molecular flexibility index (Phi) is 6.02. The Morgan fingerprint density at radius 2 is 2.04 bits per heavy atom. The largest absolute Gasteiger partial charge is 0.326 e. The van der Waals surface area contributed by atoms with Crippen molar-refractivity contribution in [2.75, 3.05) is 10.6 Å². The Bertz CT molecular complexity index is 1040. The number of sulfone groups is 1. The molecule has 0 radical (unpaired) electrons. The smallest absolute Gasteiger partial charge is 0.237 e. The Balaban J connectivity index is 1.74. The second kappa shape index (κ2) is 8.14. The molecule has 2 aromatic carbocycles. The molecule has 0 aromatic heterocycles. The molecule has 1 heterocycles. The van der Waals surface area contributed by atoms with E-state index in [1.807, 2.05) is 0 Å². The molecule has 0 bridgehead atoms. The van der Waals surface area contributed by atoms with Gasteiger partial charge in [0, 0.05) is 22.0 Å². The maximum Gasteiger partial charge on any atom is 0.237 e. The zero-order valence-electron chi connectivity index (χ0n) is 15.2. The van der Waals surface area contributed by atoms with Gasteiger partial charge >= 0.3 is 0 Å². The molecular formula is C19H19ClN2O4S2. The lowest BCUT2D eigenvalue weighted by Crippen LogP contribution is -2.27. The summed E-state index contributed by atoms with van der Waals surface area (Å²) in [7, 11) is -3.75. The van der Waals surface area contributed by atoms with E-state index in [0.29, 0.717) is 16.4 Å². The van der Waals surface area contributed by atoms with Crippen LogP contribution < -0.4 is 10.6 Å². The van der Waals surface area contributed by atoms with Gasteiger partial charge in [0.15, 0.2) is 9.84 Å². The predicted octanol–water partition coefficient (Wildman–Crippen LogP) is 3.96. The Hall–Kier alpha value is -2.03. The van der Waals surface area contributed by atoms with Crippen LogP contribution in [0.25, 0.3) is 0 Å². The highest BCUT2D eigenvalue weighted by molar-refractivity contribution is 8.01. The van der Waals surface area contributed by atoms with Crippen molar-refractivity contribution in [2.24, 2.45) is 0 Å². The minimum Gasteiger partial charge on any atom is -0.326 e. The van der Waals surface area contributed by atoms with Crippen molar-refractivity contribution in [1.29, 1.82) is 0 Å². The first-order chi connectivity index (χ1) is 13.2. The molecule has 2 amide bonds. The third-order valence-corrected chi connectivity index (χ3v) is 7.87. The monoisotopic (exact) mass is 438 g/mol. The van der Waals surface area contributed by atoms with Gasteiger partial charge in [0.05, 0.1) is 21.1 Å². The number of nitrogens with one attached hydrogen (secondary N) is 2. The highest BCUT2D eigenvalue weighted by atomic mass is 35.5. The predicted molar refractivity (Wildman–Crippen MR) is 112 cm³/mol. The Morgan fingerprint density at radius 1 is 1.29 bits per heavy atom. The molecule has 6 nitrogen and oxygen atoms in total. The number of amides is 2. The first-order valence-corrected chi connectivity index (χ1v) is 11.4. The van der Waals surface area contributed by atoms with E-state index in [2.05, 4.69) is 10.6 Å². The summed E-state index contributed by atoms with van der Waals surface area (Å²) in [6.45, 7) is 3.27. The zero-order chi connectivity index (χ0) is 20.5. The minimum absolute atomic E-state index is 0.0739. The summed E-state index contributed by atoms with van der Waals surface area (Å²) in [4.78, 5) is 25.0. The van der Waals surface area contributed by atoms with E-state index in [4.69, 9.17) is 11.6 Å². The lowest BCUT2D eigenvalue weighted by molar-refractivity contribution is -0.116. The number of carbonyl (C=O) groups excluding carboxylic acids is 2. The quantitative estimate of drug-likeness (QED) is 0.737. The van der Waals surface area contributed by atoms with Gasteiger partial charge in [0.2, 0.25) is 11.8 Å². The number of hydrogen-bond acceptors (Lipinski definition) is 5. The molecule has 1 aliphatic heterocycles. The van der Waals surface area contributed by atoms with Crippen LogP contribution in [-0.4, -0.2) is 30.7 Å². The second-order valence-corrected chi connectivity index (χ2v) is 10.7. The van der Waals surface area contributed by atoms with Crippen LogP contribution in [0.5, 0.6) is 0 Å². The van der Waals surface area contributed by atoms with E-state index >= 15 is 0 Å². The first kappa shape index (κ1) is 20.7. The van der Waals surface area contributed by atoms with Crippen molar-refractivity contribution in [1.82, 2.24) is 0 Å². The normalized spacial score (nSPS) is 17.4. The van der Waals surface area contributed by atoms with Gasteiger partial charge in [0.1, 0.15) is 0 Å². The fourth-order valence-corrected chi connectivity index (χ4v) is 5.24. The lowest BCUT2D eigenvalue weighted by Gasteiger charge is -2.22. The molecular weight excluding hydrogens is 420 g/mol.